The minimum Gasteiger partial charge on any atom is -0.0752 e. The van der Waals surface area contributed by atoms with Gasteiger partial charge in [0, 0.05) is 5.41 Å². The van der Waals surface area contributed by atoms with Crippen molar-refractivity contribution in [1.29, 1.82) is 0 Å². The number of aryl methyl sites for hydroxylation is 4. The second-order valence-electron chi connectivity index (χ2n) is 12.3. The van der Waals surface area contributed by atoms with Crippen molar-refractivity contribution in [3.8, 4) is 0 Å². The van der Waals surface area contributed by atoms with Gasteiger partial charge in [0.2, 0.25) is 0 Å². The molecule has 0 amide bonds. The van der Waals surface area contributed by atoms with Crippen LogP contribution in [-0.2, 0) is 0 Å². The molecule has 5 aromatic carbocycles. The van der Waals surface area contributed by atoms with E-state index in [2.05, 4.69) is 185 Å². The first-order valence-electron chi connectivity index (χ1n) is 15.6. The minimum atomic E-state index is -0.353. The van der Waals surface area contributed by atoms with Crippen LogP contribution < -0.4 is 0 Å². The Hall–Kier alpha value is -4.94. The highest BCUT2D eigenvalue weighted by molar-refractivity contribution is 5.85. The van der Waals surface area contributed by atoms with Crippen molar-refractivity contribution in [2.24, 2.45) is 5.41 Å². The molecule has 0 aromatic heterocycles. The van der Waals surface area contributed by atoms with Gasteiger partial charge < -0.3 is 0 Å². The van der Waals surface area contributed by atoms with E-state index in [0.29, 0.717) is 0 Å². The summed E-state index contributed by atoms with van der Waals surface area (Å²) in [7, 11) is 0. The van der Waals surface area contributed by atoms with E-state index in [1.807, 2.05) is 0 Å². The molecule has 5 aromatic rings. The zero-order valence-corrected chi connectivity index (χ0v) is 26.2. The van der Waals surface area contributed by atoms with Crippen LogP contribution in [0.2, 0.25) is 0 Å². The van der Waals surface area contributed by atoms with Crippen LogP contribution in [0.3, 0.4) is 0 Å². The lowest BCUT2D eigenvalue weighted by Crippen LogP contribution is -2.16. The lowest BCUT2D eigenvalue weighted by molar-refractivity contribution is 0.639. The summed E-state index contributed by atoms with van der Waals surface area (Å²) in [5.74, 6) is 0. The van der Waals surface area contributed by atoms with Crippen LogP contribution in [-0.4, -0.2) is 0 Å². The normalized spacial score (nSPS) is 13.6. The van der Waals surface area contributed by atoms with Gasteiger partial charge in [-0.25, -0.2) is 0 Å². The molecule has 1 aliphatic carbocycles. The van der Waals surface area contributed by atoms with Crippen molar-refractivity contribution in [2.75, 3.05) is 0 Å². The van der Waals surface area contributed by atoms with Gasteiger partial charge in [-0.15, -0.1) is 0 Å². The van der Waals surface area contributed by atoms with Crippen LogP contribution in [0.4, 0.5) is 0 Å². The predicted molar refractivity (Wildman–Crippen MR) is 189 cm³/mol. The number of hydrogen-bond acceptors (Lipinski definition) is 0. The number of allylic oxidation sites excluding steroid dienone is 6. The van der Waals surface area contributed by atoms with Crippen LogP contribution in [0.15, 0.2) is 158 Å². The van der Waals surface area contributed by atoms with E-state index in [1.165, 1.54) is 66.8 Å². The van der Waals surface area contributed by atoms with Gasteiger partial charge in [0.05, 0.1) is 0 Å². The van der Waals surface area contributed by atoms with Gasteiger partial charge in [0.15, 0.2) is 0 Å². The van der Waals surface area contributed by atoms with Crippen LogP contribution >= 0.6 is 0 Å². The van der Waals surface area contributed by atoms with Crippen molar-refractivity contribution < 1.29 is 0 Å². The minimum absolute atomic E-state index is 0.353. The van der Waals surface area contributed by atoms with E-state index in [4.69, 9.17) is 0 Å². The van der Waals surface area contributed by atoms with Crippen molar-refractivity contribution in [3.05, 3.63) is 208 Å². The molecule has 0 saturated heterocycles. The third-order valence-electron chi connectivity index (χ3n) is 8.63. The smallest absolute Gasteiger partial charge is 0.0298 e. The molecule has 0 N–H and O–H groups in total. The average Bonchev–Trinajstić information content (AvgIpc) is 3.05. The summed E-state index contributed by atoms with van der Waals surface area (Å²) < 4.78 is 0. The maximum atomic E-state index is 2.50. The molecule has 0 atom stereocenters. The van der Waals surface area contributed by atoms with Gasteiger partial charge in [-0.3, -0.25) is 0 Å². The van der Waals surface area contributed by atoms with Crippen LogP contribution in [0.25, 0.3) is 16.7 Å². The molecule has 216 valence electrons. The first-order chi connectivity index (χ1) is 21.4. The Morgan fingerprint density at radius 1 is 0.477 bits per heavy atom. The van der Waals surface area contributed by atoms with Crippen molar-refractivity contribution in [3.63, 3.8) is 0 Å². The van der Waals surface area contributed by atoms with Crippen LogP contribution in [0, 0.1) is 33.1 Å². The van der Waals surface area contributed by atoms with E-state index >= 15 is 0 Å². The molecule has 0 heteroatoms. The molecule has 0 heterocycles. The molecule has 0 spiro atoms. The molecule has 0 unspecified atom stereocenters. The Morgan fingerprint density at radius 3 is 1.16 bits per heavy atom. The molecule has 1 aliphatic rings. The SMILES string of the molecule is Cc1ccc(C(=CC2(C=C(c3ccc(C)cc3)c3ccc(C)cc3)C=CC(c3ccccc3)=CC2)c2ccc(C)cc2)cc1. The van der Waals surface area contributed by atoms with Crippen molar-refractivity contribution >= 4 is 16.7 Å². The Balaban J connectivity index is 1.58. The fraction of sp³-hybridized carbons (Fsp3) is 0.136. The molecule has 44 heavy (non-hydrogen) atoms. The zero-order valence-electron chi connectivity index (χ0n) is 26.2. The monoisotopic (exact) mass is 568 g/mol. The van der Waals surface area contributed by atoms with E-state index in [1.54, 1.807) is 0 Å². The number of rotatable bonds is 7. The fourth-order valence-electron chi connectivity index (χ4n) is 5.90. The Morgan fingerprint density at radius 2 is 0.841 bits per heavy atom. The summed E-state index contributed by atoms with van der Waals surface area (Å²) in [5.41, 5.74) is 14.6. The fourth-order valence-corrected chi connectivity index (χ4v) is 5.90. The Labute approximate surface area is 263 Å². The molecular formula is C44H40. The summed E-state index contributed by atoms with van der Waals surface area (Å²) in [4.78, 5) is 0. The lowest BCUT2D eigenvalue weighted by atomic mass is 9.74. The zero-order chi connectivity index (χ0) is 30.5. The average molecular weight is 569 g/mol. The third-order valence-corrected chi connectivity index (χ3v) is 8.63. The lowest BCUT2D eigenvalue weighted by Gasteiger charge is -2.30. The third kappa shape index (κ3) is 6.66. The summed E-state index contributed by atoms with van der Waals surface area (Å²) >= 11 is 0. The van der Waals surface area contributed by atoms with Gasteiger partial charge in [-0.05, 0) is 78.7 Å². The summed E-state index contributed by atoms with van der Waals surface area (Å²) in [6, 6.07) is 46.5. The van der Waals surface area contributed by atoms with Gasteiger partial charge >= 0.3 is 0 Å². The number of benzene rings is 5. The quantitative estimate of drug-likeness (QED) is 0.183. The first-order valence-corrected chi connectivity index (χ1v) is 15.6. The van der Waals surface area contributed by atoms with Gasteiger partial charge in [-0.2, -0.15) is 0 Å². The van der Waals surface area contributed by atoms with E-state index in [0.717, 1.165) is 6.42 Å². The van der Waals surface area contributed by atoms with Gasteiger partial charge in [0.25, 0.3) is 0 Å². The summed E-state index contributed by atoms with van der Waals surface area (Å²) in [5, 5.41) is 0. The molecular weight excluding hydrogens is 528 g/mol. The van der Waals surface area contributed by atoms with Gasteiger partial charge in [0.1, 0.15) is 0 Å². The Kier molecular flexibility index (Phi) is 8.44. The van der Waals surface area contributed by atoms with Crippen LogP contribution in [0.1, 0.15) is 56.5 Å². The predicted octanol–water partition coefficient (Wildman–Crippen LogP) is 11.5. The molecule has 0 bridgehead atoms. The topological polar surface area (TPSA) is 0 Å². The van der Waals surface area contributed by atoms with E-state index < -0.39 is 0 Å². The molecule has 0 radical (unpaired) electrons. The van der Waals surface area contributed by atoms with E-state index in [9.17, 15) is 0 Å². The second-order valence-corrected chi connectivity index (χ2v) is 12.3. The Bertz CT molecular complexity index is 1640. The van der Waals surface area contributed by atoms with E-state index in [-0.39, 0.29) is 5.41 Å². The van der Waals surface area contributed by atoms with Crippen molar-refractivity contribution in [2.45, 2.75) is 34.1 Å². The highest BCUT2D eigenvalue weighted by Crippen LogP contribution is 2.43. The molecule has 6 rings (SSSR count). The van der Waals surface area contributed by atoms with Crippen LogP contribution in [0.5, 0.6) is 0 Å². The maximum Gasteiger partial charge on any atom is 0.0298 e. The van der Waals surface area contributed by atoms with Crippen molar-refractivity contribution in [1.82, 2.24) is 0 Å². The highest BCUT2D eigenvalue weighted by atomic mass is 14.3. The highest BCUT2D eigenvalue weighted by Gasteiger charge is 2.27. The standard InChI is InChI=1S/C44H40/c1-32-10-18-38(19-11-32)42(39-20-12-33(2)13-21-39)30-44(28-26-37(27-29-44)36-8-6-5-7-9-36)31-43(40-22-14-34(3)15-23-40)41-24-16-35(4)17-25-41/h5-28,30-31H,29H2,1-4H3. The summed E-state index contributed by atoms with van der Waals surface area (Å²) in [6.07, 6.45) is 13.0. The van der Waals surface area contributed by atoms with Gasteiger partial charge in [-0.1, -0.05) is 180 Å². The summed E-state index contributed by atoms with van der Waals surface area (Å²) in [6.45, 7) is 8.61. The molecule has 0 aliphatic heterocycles. The first kappa shape index (κ1) is 29.1. The molecule has 0 fully saturated rings. The maximum absolute atomic E-state index is 2.50. The molecule has 0 nitrogen and oxygen atoms in total. The number of hydrogen-bond donors (Lipinski definition) is 0. The second kappa shape index (κ2) is 12.7. The largest absolute Gasteiger partial charge is 0.0752 e. The molecule has 0 saturated carbocycles.